The fourth-order valence-corrected chi connectivity index (χ4v) is 3.58. The molecule has 0 unspecified atom stereocenters. The molecule has 0 nitrogen and oxygen atoms in total. The lowest BCUT2D eigenvalue weighted by molar-refractivity contribution is 0.374. The topological polar surface area (TPSA) is 0 Å². The van der Waals surface area contributed by atoms with Crippen LogP contribution >= 0.6 is 0 Å². The van der Waals surface area contributed by atoms with Crippen molar-refractivity contribution in [3.8, 4) is 11.1 Å². The summed E-state index contributed by atoms with van der Waals surface area (Å²) < 4.78 is 56.6. The molecule has 25 heavy (non-hydrogen) atoms. The summed E-state index contributed by atoms with van der Waals surface area (Å²) in [6.45, 7) is 5.08. The maximum atomic E-state index is 14.6. The van der Waals surface area contributed by atoms with Gasteiger partial charge in [-0.3, -0.25) is 0 Å². The van der Waals surface area contributed by atoms with E-state index in [1.165, 1.54) is 19.1 Å². The quantitative estimate of drug-likeness (QED) is 0.429. The third kappa shape index (κ3) is 3.48. The van der Waals surface area contributed by atoms with Crippen molar-refractivity contribution in [2.24, 2.45) is 5.92 Å². The van der Waals surface area contributed by atoms with E-state index in [1.54, 1.807) is 0 Å². The standard InChI is InChI=1S/C21H20F4/c1-3-13-4-6-14(7-5-13)15-8-19(24)21(20(25)9-15)16-10-17(22)12(2)18(23)11-16/h3,8-11,13-14H,1,4-7H2,2H3. The first-order chi connectivity index (χ1) is 11.9. The van der Waals surface area contributed by atoms with Gasteiger partial charge in [-0.25, -0.2) is 17.6 Å². The van der Waals surface area contributed by atoms with Crippen LogP contribution in [-0.4, -0.2) is 0 Å². The molecular formula is C21H20F4. The van der Waals surface area contributed by atoms with Crippen LogP contribution in [0.2, 0.25) is 0 Å². The van der Waals surface area contributed by atoms with E-state index in [0.717, 1.165) is 37.8 Å². The summed E-state index contributed by atoms with van der Waals surface area (Å²) in [6.07, 6.45) is 5.54. The van der Waals surface area contributed by atoms with E-state index >= 15 is 0 Å². The molecule has 0 aliphatic heterocycles. The minimum atomic E-state index is -0.819. The molecule has 0 N–H and O–H groups in total. The van der Waals surface area contributed by atoms with Gasteiger partial charge in [-0.2, -0.15) is 0 Å². The first kappa shape index (κ1) is 17.7. The maximum Gasteiger partial charge on any atom is 0.134 e. The van der Waals surface area contributed by atoms with E-state index in [0.29, 0.717) is 11.5 Å². The number of benzene rings is 2. The first-order valence-corrected chi connectivity index (χ1v) is 8.48. The Labute approximate surface area is 145 Å². The molecule has 0 saturated heterocycles. The average molecular weight is 348 g/mol. The van der Waals surface area contributed by atoms with Crippen LogP contribution in [0.3, 0.4) is 0 Å². The Morgan fingerprint density at radius 2 is 1.36 bits per heavy atom. The van der Waals surface area contributed by atoms with Gasteiger partial charge in [-0.05, 0) is 79.8 Å². The predicted molar refractivity (Wildman–Crippen MR) is 91.3 cm³/mol. The number of halogens is 4. The lowest BCUT2D eigenvalue weighted by atomic mass is 9.78. The molecule has 3 rings (SSSR count). The molecule has 2 aromatic carbocycles. The Bertz CT molecular complexity index is 756. The molecule has 1 aliphatic rings. The molecule has 1 aliphatic carbocycles. The highest BCUT2D eigenvalue weighted by Gasteiger charge is 2.24. The lowest BCUT2D eigenvalue weighted by Crippen LogP contribution is -2.12. The fraction of sp³-hybridized carbons (Fsp3) is 0.333. The number of hydrogen-bond donors (Lipinski definition) is 0. The van der Waals surface area contributed by atoms with Gasteiger partial charge in [0.2, 0.25) is 0 Å². The van der Waals surface area contributed by atoms with Gasteiger partial charge in [0.25, 0.3) is 0 Å². The summed E-state index contributed by atoms with van der Waals surface area (Å²) >= 11 is 0. The van der Waals surface area contributed by atoms with Crippen molar-refractivity contribution >= 4 is 0 Å². The minimum Gasteiger partial charge on any atom is -0.207 e. The number of rotatable bonds is 3. The monoisotopic (exact) mass is 348 g/mol. The van der Waals surface area contributed by atoms with Crippen molar-refractivity contribution in [3.63, 3.8) is 0 Å². The zero-order chi connectivity index (χ0) is 18.1. The van der Waals surface area contributed by atoms with E-state index in [9.17, 15) is 17.6 Å². The average Bonchev–Trinajstić information content (AvgIpc) is 2.59. The smallest absolute Gasteiger partial charge is 0.134 e. The number of allylic oxidation sites excluding steroid dienone is 1. The Kier molecular flexibility index (Phi) is 4.98. The molecule has 1 fully saturated rings. The van der Waals surface area contributed by atoms with Gasteiger partial charge < -0.3 is 0 Å². The highest BCUT2D eigenvalue weighted by Crippen LogP contribution is 2.38. The van der Waals surface area contributed by atoms with Crippen LogP contribution in [0.4, 0.5) is 17.6 Å². The van der Waals surface area contributed by atoms with E-state index in [1.807, 2.05) is 6.08 Å². The molecule has 0 atom stereocenters. The second-order valence-electron chi connectivity index (χ2n) is 6.77. The SMILES string of the molecule is C=CC1CCC(c2cc(F)c(-c3cc(F)c(C)c(F)c3)c(F)c2)CC1. The molecular weight excluding hydrogens is 328 g/mol. The molecule has 0 bridgehead atoms. The van der Waals surface area contributed by atoms with E-state index < -0.39 is 23.3 Å². The third-order valence-corrected chi connectivity index (χ3v) is 5.21. The molecule has 2 aromatic rings. The van der Waals surface area contributed by atoms with Crippen molar-refractivity contribution < 1.29 is 17.6 Å². The molecule has 0 radical (unpaired) electrons. The van der Waals surface area contributed by atoms with Crippen molar-refractivity contribution in [2.75, 3.05) is 0 Å². The summed E-state index contributed by atoms with van der Waals surface area (Å²) in [6, 6.07) is 4.53. The van der Waals surface area contributed by atoms with Gasteiger partial charge in [0.15, 0.2) is 0 Å². The van der Waals surface area contributed by atoms with Crippen LogP contribution in [0.1, 0.15) is 42.7 Å². The minimum absolute atomic E-state index is 0.0979. The second kappa shape index (κ2) is 7.03. The second-order valence-corrected chi connectivity index (χ2v) is 6.77. The Balaban J connectivity index is 1.95. The highest BCUT2D eigenvalue weighted by molar-refractivity contribution is 5.66. The molecule has 132 valence electrons. The first-order valence-electron chi connectivity index (χ1n) is 8.48. The molecule has 0 amide bonds. The number of hydrogen-bond acceptors (Lipinski definition) is 0. The van der Waals surface area contributed by atoms with Crippen LogP contribution in [0.15, 0.2) is 36.9 Å². The zero-order valence-corrected chi connectivity index (χ0v) is 14.1. The maximum absolute atomic E-state index is 14.6. The van der Waals surface area contributed by atoms with E-state index in [2.05, 4.69) is 6.58 Å². The van der Waals surface area contributed by atoms with Crippen LogP contribution in [0.5, 0.6) is 0 Å². The largest absolute Gasteiger partial charge is 0.207 e. The Morgan fingerprint density at radius 3 is 1.84 bits per heavy atom. The summed E-state index contributed by atoms with van der Waals surface area (Å²) in [5, 5.41) is 0. The predicted octanol–water partition coefficient (Wildman–Crippen LogP) is 6.68. The van der Waals surface area contributed by atoms with Crippen molar-refractivity contribution in [3.05, 3.63) is 71.3 Å². The van der Waals surface area contributed by atoms with E-state index in [4.69, 9.17) is 0 Å². The summed E-state index contributed by atoms with van der Waals surface area (Å²) in [7, 11) is 0. The Hall–Kier alpha value is -2.10. The van der Waals surface area contributed by atoms with Crippen molar-refractivity contribution in [1.29, 1.82) is 0 Å². The highest BCUT2D eigenvalue weighted by atomic mass is 19.1. The summed E-state index contributed by atoms with van der Waals surface area (Å²) in [5.74, 6) is -2.65. The molecule has 0 heterocycles. The normalized spacial score (nSPS) is 20.5. The third-order valence-electron chi connectivity index (χ3n) is 5.21. The molecule has 4 heteroatoms. The molecule has 0 spiro atoms. The summed E-state index contributed by atoms with van der Waals surface area (Å²) in [5.41, 5.74) is -0.0756. The van der Waals surface area contributed by atoms with Gasteiger partial charge in [-0.15, -0.1) is 6.58 Å². The van der Waals surface area contributed by atoms with Gasteiger partial charge in [0.05, 0.1) is 5.56 Å². The van der Waals surface area contributed by atoms with Crippen LogP contribution in [0, 0.1) is 36.1 Å². The van der Waals surface area contributed by atoms with Crippen LogP contribution < -0.4 is 0 Å². The molecule has 1 saturated carbocycles. The van der Waals surface area contributed by atoms with Crippen molar-refractivity contribution in [2.45, 2.75) is 38.5 Å². The van der Waals surface area contributed by atoms with E-state index in [-0.39, 0.29) is 22.6 Å². The Morgan fingerprint density at radius 1 is 0.840 bits per heavy atom. The lowest BCUT2D eigenvalue weighted by Gasteiger charge is -2.27. The van der Waals surface area contributed by atoms with Crippen LogP contribution in [0.25, 0.3) is 11.1 Å². The molecule has 0 aromatic heterocycles. The van der Waals surface area contributed by atoms with Crippen molar-refractivity contribution in [1.82, 2.24) is 0 Å². The van der Waals surface area contributed by atoms with Gasteiger partial charge in [0, 0.05) is 5.56 Å². The van der Waals surface area contributed by atoms with Gasteiger partial charge >= 0.3 is 0 Å². The zero-order valence-electron chi connectivity index (χ0n) is 14.1. The van der Waals surface area contributed by atoms with Gasteiger partial charge in [-0.1, -0.05) is 6.08 Å². The van der Waals surface area contributed by atoms with Gasteiger partial charge in [0.1, 0.15) is 23.3 Å². The van der Waals surface area contributed by atoms with Crippen LogP contribution in [-0.2, 0) is 0 Å². The fourth-order valence-electron chi connectivity index (χ4n) is 3.58. The summed E-state index contributed by atoms with van der Waals surface area (Å²) in [4.78, 5) is 0.